The van der Waals surface area contributed by atoms with Gasteiger partial charge < -0.3 is 10.3 Å². The molecular weight excluding hydrogens is 377 g/mol. The van der Waals surface area contributed by atoms with Crippen LogP contribution in [0.25, 0.3) is 21.8 Å². The van der Waals surface area contributed by atoms with Gasteiger partial charge in [-0.15, -0.1) is 0 Å². The van der Waals surface area contributed by atoms with Gasteiger partial charge in [-0.05, 0) is 36.4 Å². The molecule has 0 bridgehead atoms. The number of rotatable bonds is 3. The van der Waals surface area contributed by atoms with Crippen LogP contribution in [0.2, 0.25) is 5.02 Å². The Morgan fingerprint density at radius 1 is 1.07 bits per heavy atom. The van der Waals surface area contributed by atoms with Gasteiger partial charge in [0.25, 0.3) is 0 Å². The van der Waals surface area contributed by atoms with E-state index in [0.29, 0.717) is 32.9 Å². The molecule has 2 N–H and O–H groups in total. The molecule has 0 aliphatic heterocycles. The van der Waals surface area contributed by atoms with Gasteiger partial charge in [-0.3, -0.25) is 4.79 Å². The van der Waals surface area contributed by atoms with Crippen molar-refractivity contribution in [1.82, 2.24) is 4.57 Å². The van der Waals surface area contributed by atoms with E-state index >= 15 is 0 Å². The fourth-order valence-electron chi connectivity index (χ4n) is 3.26. The number of hydrogen-bond acceptors (Lipinski definition) is 1. The molecule has 0 spiro atoms. The van der Waals surface area contributed by atoms with Gasteiger partial charge in [-0.25, -0.2) is 13.2 Å². The first-order chi connectivity index (χ1) is 12.9. The minimum absolute atomic E-state index is 0.0443. The molecule has 3 nitrogen and oxygen atoms in total. The van der Waals surface area contributed by atoms with E-state index in [1.807, 2.05) is 0 Å². The van der Waals surface area contributed by atoms with Crippen molar-refractivity contribution in [1.29, 1.82) is 0 Å². The van der Waals surface area contributed by atoms with E-state index < -0.39 is 23.4 Å². The zero-order valence-electron chi connectivity index (χ0n) is 13.7. The van der Waals surface area contributed by atoms with Crippen LogP contribution in [0.5, 0.6) is 0 Å². The van der Waals surface area contributed by atoms with E-state index in [-0.39, 0.29) is 17.7 Å². The summed E-state index contributed by atoms with van der Waals surface area (Å²) in [4.78, 5) is 11.9. The Labute approximate surface area is 156 Å². The smallest absolute Gasteiger partial charge is 0.249 e. The highest BCUT2D eigenvalue weighted by Crippen LogP contribution is 2.33. The molecule has 3 aromatic carbocycles. The molecule has 0 saturated carbocycles. The predicted octanol–water partition coefficient (Wildman–Crippen LogP) is 4.81. The van der Waals surface area contributed by atoms with Crippen LogP contribution in [0, 0.1) is 23.5 Å². The normalized spacial score (nSPS) is 11.4. The van der Waals surface area contributed by atoms with Crippen LogP contribution >= 0.6 is 11.6 Å². The Hall–Kier alpha value is -2.99. The molecule has 0 saturated heterocycles. The third-order valence-corrected chi connectivity index (χ3v) is 4.66. The second kappa shape index (κ2) is 6.32. The first-order valence-corrected chi connectivity index (χ1v) is 8.30. The van der Waals surface area contributed by atoms with Gasteiger partial charge in [0.05, 0.1) is 17.6 Å². The summed E-state index contributed by atoms with van der Waals surface area (Å²) in [6.07, 6.45) is 0. The standard InChI is InChI=1S/C20H11ClF3N2O/c21-11-4-5-12-18(7-11)26(9-10-6-15(23)16(24)8-14(10)22)17-3-1-2-13(19(12)17)20(25)27/h1-4,6-8H,9H2,(H2,25,27). The summed E-state index contributed by atoms with van der Waals surface area (Å²) in [6.45, 7) is -0.0978. The monoisotopic (exact) mass is 387 g/mol. The van der Waals surface area contributed by atoms with Crippen LogP contribution in [0.4, 0.5) is 13.2 Å². The van der Waals surface area contributed by atoms with Crippen molar-refractivity contribution in [2.45, 2.75) is 6.54 Å². The van der Waals surface area contributed by atoms with E-state index in [2.05, 4.69) is 6.07 Å². The van der Waals surface area contributed by atoms with Crippen molar-refractivity contribution in [2.75, 3.05) is 0 Å². The van der Waals surface area contributed by atoms with E-state index in [1.54, 1.807) is 34.9 Å². The summed E-state index contributed by atoms with van der Waals surface area (Å²) in [6, 6.07) is 12.5. The van der Waals surface area contributed by atoms with Crippen molar-refractivity contribution >= 4 is 39.3 Å². The average Bonchev–Trinajstić information content (AvgIpc) is 2.92. The predicted molar refractivity (Wildman–Crippen MR) is 97.2 cm³/mol. The highest BCUT2D eigenvalue weighted by Gasteiger charge is 2.18. The van der Waals surface area contributed by atoms with Gasteiger partial charge in [-0.2, -0.15) is 0 Å². The Kier molecular flexibility index (Phi) is 4.08. The second-order valence-corrected chi connectivity index (χ2v) is 6.52. The molecule has 0 unspecified atom stereocenters. The minimum Gasteiger partial charge on any atom is -0.366 e. The van der Waals surface area contributed by atoms with Gasteiger partial charge in [0.2, 0.25) is 5.91 Å². The van der Waals surface area contributed by atoms with Gasteiger partial charge >= 0.3 is 0 Å². The summed E-state index contributed by atoms with van der Waals surface area (Å²) in [5.41, 5.74) is 6.86. The molecule has 0 aliphatic rings. The van der Waals surface area contributed by atoms with E-state index in [0.717, 1.165) is 6.07 Å². The summed E-state index contributed by atoms with van der Waals surface area (Å²) < 4.78 is 42.7. The van der Waals surface area contributed by atoms with Gasteiger partial charge in [0, 0.05) is 33.0 Å². The zero-order chi connectivity index (χ0) is 19.3. The van der Waals surface area contributed by atoms with Gasteiger partial charge in [-0.1, -0.05) is 17.7 Å². The number of aromatic nitrogens is 1. The number of fused-ring (bicyclic) bond motifs is 3. The molecule has 1 aromatic heterocycles. The largest absolute Gasteiger partial charge is 0.366 e. The summed E-state index contributed by atoms with van der Waals surface area (Å²) in [5.74, 6) is -3.90. The maximum Gasteiger partial charge on any atom is 0.249 e. The van der Waals surface area contributed by atoms with E-state index in [4.69, 9.17) is 17.3 Å². The molecule has 1 heterocycles. The molecule has 0 fully saturated rings. The maximum atomic E-state index is 14.2. The highest BCUT2D eigenvalue weighted by atomic mass is 35.5. The molecule has 135 valence electrons. The Morgan fingerprint density at radius 3 is 2.56 bits per heavy atom. The Morgan fingerprint density at radius 2 is 1.81 bits per heavy atom. The average molecular weight is 388 g/mol. The number of amides is 1. The number of carbonyl (C=O) groups is 1. The fraction of sp³-hybridized carbons (Fsp3) is 0.0500. The topological polar surface area (TPSA) is 48.0 Å². The van der Waals surface area contributed by atoms with Crippen molar-refractivity contribution < 1.29 is 18.0 Å². The summed E-state index contributed by atoms with van der Waals surface area (Å²) >= 11 is 6.08. The first kappa shape index (κ1) is 17.4. The van der Waals surface area contributed by atoms with Crippen molar-refractivity contribution in [2.24, 2.45) is 5.73 Å². The van der Waals surface area contributed by atoms with E-state index in [9.17, 15) is 18.0 Å². The number of halogens is 4. The number of carbonyl (C=O) groups excluding carboxylic acids is 1. The second-order valence-electron chi connectivity index (χ2n) is 6.09. The molecular formula is C20H11ClF3N2O. The van der Waals surface area contributed by atoms with Crippen LogP contribution < -0.4 is 5.73 Å². The van der Waals surface area contributed by atoms with E-state index in [1.165, 1.54) is 0 Å². The van der Waals surface area contributed by atoms with Crippen LogP contribution in [0.15, 0.2) is 42.5 Å². The van der Waals surface area contributed by atoms with Crippen molar-refractivity contribution in [3.63, 3.8) is 0 Å². The van der Waals surface area contributed by atoms with Crippen molar-refractivity contribution in [3.05, 3.63) is 82.1 Å². The third kappa shape index (κ3) is 2.82. The Balaban J connectivity index is 2.05. The molecule has 1 amide bonds. The lowest BCUT2D eigenvalue weighted by Gasteiger charge is -2.10. The number of benzene rings is 3. The van der Waals surface area contributed by atoms with Crippen LogP contribution in [0.3, 0.4) is 0 Å². The molecule has 0 aliphatic carbocycles. The van der Waals surface area contributed by atoms with Gasteiger partial charge in [0.15, 0.2) is 11.6 Å². The van der Waals surface area contributed by atoms with Gasteiger partial charge in [0.1, 0.15) is 5.82 Å². The molecule has 1 radical (unpaired) electrons. The molecule has 4 rings (SSSR count). The van der Waals surface area contributed by atoms with Crippen LogP contribution in [-0.2, 0) is 6.54 Å². The summed E-state index contributed by atoms with van der Waals surface area (Å²) in [7, 11) is 0. The number of nitrogens with two attached hydrogens (primary N) is 1. The van der Waals surface area contributed by atoms with Crippen LogP contribution in [-0.4, -0.2) is 10.5 Å². The fourth-order valence-corrected chi connectivity index (χ4v) is 3.42. The van der Waals surface area contributed by atoms with Crippen molar-refractivity contribution in [3.8, 4) is 0 Å². The maximum absolute atomic E-state index is 14.2. The zero-order valence-corrected chi connectivity index (χ0v) is 14.4. The number of primary amides is 1. The third-order valence-electron chi connectivity index (χ3n) is 4.44. The lowest BCUT2D eigenvalue weighted by Crippen LogP contribution is -2.11. The van der Waals surface area contributed by atoms with Crippen LogP contribution in [0.1, 0.15) is 15.9 Å². The number of nitrogens with zero attached hydrogens (tertiary/aromatic N) is 1. The quantitative estimate of drug-likeness (QED) is 0.504. The summed E-state index contributed by atoms with van der Waals surface area (Å²) in [5, 5.41) is 1.50. The lowest BCUT2D eigenvalue weighted by molar-refractivity contribution is 0.100. The molecule has 7 heteroatoms. The highest BCUT2D eigenvalue weighted by molar-refractivity contribution is 6.31. The molecule has 4 aromatic rings. The Bertz CT molecular complexity index is 1230. The lowest BCUT2D eigenvalue weighted by atomic mass is 10.1. The minimum atomic E-state index is -1.26. The number of hydrogen-bond donors (Lipinski definition) is 1. The SMILES string of the molecule is NC(=O)c1cccc2c1c1[c]cc(Cl)cc1n2Cc1cc(F)c(F)cc1F. The molecule has 0 atom stereocenters. The molecule has 27 heavy (non-hydrogen) atoms. The first-order valence-electron chi connectivity index (χ1n) is 7.92.